The Bertz CT molecular complexity index is 2550. The molecule has 1 aliphatic carbocycles. The SMILES string of the molecule is C1=CC(c2cccc(-c3ccc(-c4nc5c(-c6cccc(-c7ccccc7)c6)cc(-c6cccc(-c7ccccc7)c6)cc5o4)cc3)c2)=CCC1. The molecule has 51 heavy (non-hydrogen) atoms. The number of oxazole rings is 1. The van der Waals surface area contributed by atoms with Crippen LogP contribution >= 0.6 is 0 Å². The molecule has 0 bridgehead atoms. The van der Waals surface area contributed by atoms with Gasteiger partial charge in [-0.2, -0.15) is 0 Å². The molecule has 0 fully saturated rings. The van der Waals surface area contributed by atoms with Crippen molar-refractivity contribution in [2.45, 2.75) is 12.8 Å². The van der Waals surface area contributed by atoms with Gasteiger partial charge >= 0.3 is 0 Å². The van der Waals surface area contributed by atoms with E-state index in [0.717, 1.165) is 62.9 Å². The summed E-state index contributed by atoms with van der Waals surface area (Å²) < 4.78 is 6.63. The first kappa shape index (κ1) is 30.5. The van der Waals surface area contributed by atoms with Gasteiger partial charge in [0.05, 0.1) is 0 Å². The third-order valence-corrected chi connectivity index (χ3v) is 9.73. The number of nitrogens with zero attached hydrogens (tertiary/aromatic N) is 1. The fourth-order valence-electron chi connectivity index (χ4n) is 7.06. The van der Waals surface area contributed by atoms with Gasteiger partial charge in [0.15, 0.2) is 5.58 Å². The number of hydrogen-bond acceptors (Lipinski definition) is 2. The van der Waals surface area contributed by atoms with Crippen LogP contribution in [0.25, 0.3) is 83.8 Å². The van der Waals surface area contributed by atoms with E-state index in [-0.39, 0.29) is 0 Å². The Morgan fingerprint density at radius 1 is 0.392 bits per heavy atom. The van der Waals surface area contributed by atoms with Gasteiger partial charge < -0.3 is 4.42 Å². The normalized spacial score (nSPS) is 12.6. The second-order valence-electron chi connectivity index (χ2n) is 13.1. The molecule has 242 valence electrons. The molecule has 0 atom stereocenters. The van der Waals surface area contributed by atoms with Crippen LogP contribution in [0, 0.1) is 0 Å². The predicted octanol–water partition coefficient (Wildman–Crippen LogP) is 13.6. The van der Waals surface area contributed by atoms with Crippen LogP contribution in [0.1, 0.15) is 18.4 Å². The third-order valence-electron chi connectivity index (χ3n) is 9.73. The molecular weight excluding hydrogens is 619 g/mol. The topological polar surface area (TPSA) is 26.0 Å². The molecular formula is C49H35NO. The van der Waals surface area contributed by atoms with Crippen LogP contribution in [0.4, 0.5) is 0 Å². The smallest absolute Gasteiger partial charge is 0.227 e. The van der Waals surface area contributed by atoms with E-state index in [0.29, 0.717) is 5.89 Å². The minimum atomic E-state index is 0.610. The molecule has 9 rings (SSSR count). The first-order chi connectivity index (χ1) is 25.2. The number of allylic oxidation sites excluding steroid dienone is 4. The zero-order chi connectivity index (χ0) is 34.0. The number of fused-ring (bicyclic) bond motifs is 1. The zero-order valence-corrected chi connectivity index (χ0v) is 28.2. The van der Waals surface area contributed by atoms with E-state index in [2.05, 4.69) is 188 Å². The van der Waals surface area contributed by atoms with E-state index in [9.17, 15) is 0 Å². The number of rotatable bonds is 7. The second-order valence-corrected chi connectivity index (χ2v) is 13.1. The van der Waals surface area contributed by atoms with Crippen LogP contribution in [0.3, 0.4) is 0 Å². The van der Waals surface area contributed by atoms with Crippen LogP contribution in [0.5, 0.6) is 0 Å². The highest BCUT2D eigenvalue weighted by molar-refractivity contribution is 5.97. The lowest BCUT2D eigenvalue weighted by Gasteiger charge is -2.10. The minimum absolute atomic E-state index is 0.610. The van der Waals surface area contributed by atoms with Crippen LogP contribution < -0.4 is 0 Å². The average molecular weight is 654 g/mol. The van der Waals surface area contributed by atoms with Crippen LogP contribution in [0.2, 0.25) is 0 Å². The Balaban J connectivity index is 1.13. The van der Waals surface area contributed by atoms with Crippen molar-refractivity contribution >= 4 is 16.7 Å². The molecule has 0 amide bonds. The minimum Gasteiger partial charge on any atom is -0.436 e. The van der Waals surface area contributed by atoms with E-state index in [1.165, 1.54) is 33.4 Å². The van der Waals surface area contributed by atoms with Crippen molar-refractivity contribution in [3.8, 4) is 67.1 Å². The fourth-order valence-corrected chi connectivity index (χ4v) is 7.06. The highest BCUT2D eigenvalue weighted by atomic mass is 16.3. The van der Waals surface area contributed by atoms with Crippen molar-refractivity contribution in [2.75, 3.05) is 0 Å². The van der Waals surface area contributed by atoms with Gasteiger partial charge in [0.25, 0.3) is 0 Å². The van der Waals surface area contributed by atoms with Crippen molar-refractivity contribution in [3.63, 3.8) is 0 Å². The lowest BCUT2D eigenvalue weighted by Crippen LogP contribution is -1.87. The molecule has 1 aromatic heterocycles. The van der Waals surface area contributed by atoms with Crippen LogP contribution in [-0.4, -0.2) is 4.98 Å². The summed E-state index contributed by atoms with van der Waals surface area (Å²) in [6.07, 6.45) is 9.03. The van der Waals surface area contributed by atoms with Gasteiger partial charge in [-0.15, -0.1) is 0 Å². The molecule has 0 radical (unpaired) electrons. The molecule has 0 N–H and O–H groups in total. The van der Waals surface area contributed by atoms with Gasteiger partial charge in [-0.25, -0.2) is 4.98 Å². The summed E-state index contributed by atoms with van der Waals surface area (Å²) in [5.74, 6) is 0.610. The molecule has 2 nitrogen and oxygen atoms in total. The average Bonchev–Trinajstić information content (AvgIpc) is 3.66. The van der Waals surface area contributed by atoms with E-state index in [4.69, 9.17) is 9.40 Å². The molecule has 8 aromatic rings. The molecule has 0 saturated heterocycles. The summed E-state index contributed by atoms with van der Waals surface area (Å²) in [6, 6.07) is 60.2. The lowest BCUT2D eigenvalue weighted by atomic mass is 9.94. The Morgan fingerprint density at radius 2 is 0.902 bits per heavy atom. The van der Waals surface area contributed by atoms with Crippen LogP contribution in [0.15, 0.2) is 193 Å². The lowest BCUT2D eigenvalue weighted by molar-refractivity contribution is 0.620. The first-order valence-corrected chi connectivity index (χ1v) is 17.6. The number of benzene rings is 7. The van der Waals surface area contributed by atoms with Crippen molar-refractivity contribution in [1.29, 1.82) is 0 Å². The molecule has 7 aromatic carbocycles. The van der Waals surface area contributed by atoms with Crippen molar-refractivity contribution < 1.29 is 4.42 Å². The van der Waals surface area contributed by atoms with Gasteiger partial charge in [0, 0.05) is 11.1 Å². The van der Waals surface area contributed by atoms with E-state index in [1.807, 2.05) is 0 Å². The zero-order valence-electron chi connectivity index (χ0n) is 28.2. The molecule has 1 heterocycles. The molecule has 1 aliphatic rings. The number of hydrogen-bond donors (Lipinski definition) is 0. The maximum atomic E-state index is 6.63. The highest BCUT2D eigenvalue weighted by Gasteiger charge is 2.17. The Labute approximate surface area is 298 Å². The summed E-state index contributed by atoms with van der Waals surface area (Å²) in [7, 11) is 0. The summed E-state index contributed by atoms with van der Waals surface area (Å²) in [5, 5.41) is 0. The van der Waals surface area contributed by atoms with Gasteiger partial charge in [-0.1, -0.05) is 146 Å². The summed E-state index contributed by atoms with van der Waals surface area (Å²) in [5.41, 5.74) is 16.5. The van der Waals surface area contributed by atoms with Crippen LogP contribution in [-0.2, 0) is 0 Å². The number of aromatic nitrogens is 1. The molecule has 0 unspecified atom stereocenters. The van der Waals surface area contributed by atoms with Crippen molar-refractivity contribution in [3.05, 3.63) is 194 Å². The quantitative estimate of drug-likeness (QED) is 0.171. The molecule has 2 heteroatoms. The predicted molar refractivity (Wildman–Crippen MR) is 213 cm³/mol. The van der Waals surface area contributed by atoms with Gasteiger partial charge in [0.2, 0.25) is 5.89 Å². The third kappa shape index (κ3) is 6.24. The highest BCUT2D eigenvalue weighted by Crippen LogP contribution is 2.39. The van der Waals surface area contributed by atoms with E-state index in [1.54, 1.807) is 0 Å². The first-order valence-electron chi connectivity index (χ1n) is 17.6. The van der Waals surface area contributed by atoms with E-state index >= 15 is 0 Å². The summed E-state index contributed by atoms with van der Waals surface area (Å²) >= 11 is 0. The van der Waals surface area contributed by atoms with Gasteiger partial charge in [0.1, 0.15) is 5.52 Å². The van der Waals surface area contributed by atoms with Gasteiger partial charge in [-0.05, 0) is 117 Å². The standard InChI is InChI=1S/C49H35NO/c1-4-13-34(14-5-1)39-19-10-21-41(29-39)37-25-27-38(28-26-37)49-50-48-46(44-24-12-22-42(31-44)36-17-8-3-9-18-36)32-45(33-47(48)51-49)43-23-11-20-40(30-43)35-15-6-2-7-16-35/h2-4,6-33H,1,5H2. The van der Waals surface area contributed by atoms with Gasteiger partial charge in [-0.3, -0.25) is 0 Å². The molecule has 0 aliphatic heterocycles. The Kier molecular flexibility index (Phi) is 8.04. The molecule has 0 spiro atoms. The maximum Gasteiger partial charge on any atom is 0.227 e. The van der Waals surface area contributed by atoms with Crippen molar-refractivity contribution in [2.24, 2.45) is 0 Å². The maximum absolute atomic E-state index is 6.63. The fraction of sp³-hybridized carbons (Fsp3) is 0.0408. The largest absolute Gasteiger partial charge is 0.436 e. The summed E-state index contributed by atoms with van der Waals surface area (Å²) in [4.78, 5) is 5.16. The summed E-state index contributed by atoms with van der Waals surface area (Å²) in [6.45, 7) is 0. The van der Waals surface area contributed by atoms with E-state index < -0.39 is 0 Å². The monoisotopic (exact) mass is 653 g/mol. The Morgan fingerprint density at radius 3 is 1.53 bits per heavy atom. The van der Waals surface area contributed by atoms with Crippen molar-refractivity contribution in [1.82, 2.24) is 4.98 Å². The second kappa shape index (κ2) is 13.4. The Hall–Kier alpha value is -6.51. The molecule has 0 saturated carbocycles.